The number of aliphatic hydroxyl groups excluding tert-OH is 1. The van der Waals surface area contributed by atoms with E-state index in [4.69, 9.17) is 42.0 Å². The molecule has 298 valence electrons. The summed E-state index contributed by atoms with van der Waals surface area (Å²) in [5.74, 6) is -1.82. The van der Waals surface area contributed by atoms with Crippen LogP contribution >= 0.6 is 0 Å². The number of methoxy groups -OCH3 is 1. The summed E-state index contributed by atoms with van der Waals surface area (Å²) in [6, 6.07) is 19.1. The van der Waals surface area contributed by atoms with Crippen molar-refractivity contribution in [2.45, 2.75) is 56.4 Å². The van der Waals surface area contributed by atoms with Crippen LogP contribution in [-0.2, 0) is 46.1 Å². The summed E-state index contributed by atoms with van der Waals surface area (Å²) in [6.45, 7) is 6.92. The molecule has 0 saturated carbocycles. The van der Waals surface area contributed by atoms with E-state index in [1.165, 1.54) is 13.2 Å². The van der Waals surface area contributed by atoms with Gasteiger partial charge in [-0.2, -0.15) is 0 Å². The maximum absolute atomic E-state index is 14.2. The average Bonchev–Trinajstić information content (AvgIpc) is 3.96. The van der Waals surface area contributed by atoms with Gasteiger partial charge in [-0.3, -0.25) is 14.9 Å². The Morgan fingerprint density at radius 2 is 1.39 bits per heavy atom. The fourth-order valence-electron chi connectivity index (χ4n) is 6.69. The molecule has 2 N–H and O–H groups in total. The van der Waals surface area contributed by atoms with Crippen LogP contribution < -0.4 is 14.8 Å². The number of nitrogens with zero attached hydrogens (tertiary/aromatic N) is 2. The van der Waals surface area contributed by atoms with Crippen molar-refractivity contribution in [3.05, 3.63) is 104 Å². The van der Waals surface area contributed by atoms with Crippen molar-refractivity contribution in [3.8, 4) is 11.5 Å². The van der Waals surface area contributed by atoms with Gasteiger partial charge in [-0.15, -0.1) is 13.2 Å². The number of nitrogens with one attached hydrogen (secondary N) is 1. The number of fused-ring (bicyclic) bond motifs is 3. The summed E-state index contributed by atoms with van der Waals surface area (Å²) in [6.07, 6.45) is -4.83. The third kappa shape index (κ3) is 8.93. The van der Waals surface area contributed by atoms with Gasteiger partial charge in [0.1, 0.15) is 17.1 Å². The van der Waals surface area contributed by atoms with E-state index in [1.54, 1.807) is 54.6 Å². The Bertz CT molecular complexity index is 2170. The van der Waals surface area contributed by atoms with Crippen LogP contribution in [-0.4, -0.2) is 84.3 Å². The first kappa shape index (κ1) is 39.0. The highest BCUT2D eigenvalue weighted by molar-refractivity contribution is 5.85. The highest BCUT2D eigenvalue weighted by Gasteiger charge is 2.53. The molecular weight excluding hydrogens is 742 g/mol. The second kappa shape index (κ2) is 17.7. The number of amides is 1. The Morgan fingerprint density at radius 3 is 1.95 bits per heavy atom. The minimum atomic E-state index is -1.57. The molecule has 1 amide bonds. The number of oxazole rings is 2. The minimum absolute atomic E-state index is 0.0202. The SMILES string of the molecule is C=CC[C@@H](Cc1nc2ccccc2o1)C(=O)O[C@@H]1[C@@H](OC(=O)[C@@H](CC=C)Cc2nc3ccccc3o2)[C@@H](OC)O[C@H](CO)[C@H]1OC(=O)Nc1ccc2c(c1)OCO2. The number of para-hydroxylation sites is 4. The molecule has 16 heteroatoms. The van der Waals surface area contributed by atoms with Crippen LogP contribution in [0.1, 0.15) is 24.6 Å². The summed E-state index contributed by atoms with van der Waals surface area (Å²) in [5.41, 5.74) is 2.61. The lowest BCUT2D eigenvalue weighted by atomic mass is 9.96. The van der Waals surface area contributed by atoms with E-state index in [2.05, 4.69) is 28.4 Å². The Hall–Kier alpha value is -6.23. The van der Waals surface area contributed by atoms with Gasteiger partial charge < -0.3 is 47.1 Å². The fraction of sp³-hybridized carbons (Fsp3) is 0.341. The third-order valence-corrected chi connectivity index (χ3v) is 9.46. The molecule has 16 nitrogen and oxygen atoms in total. The first-order valence-electron chi connectivity index (χ1n) is 18.2. The normalized spacial score (nSPS) is 21.1. The number of rotatable bonds is 16. The molecule has 0 aliphatic carbocycles. The van der Waals surface area contributed by atoms with Gasteiger partial charge in [0.15, 0.2) is 59.0 Å². The van der Waals surface area contributed by atoms with Crippen molar-refractivity contribution >= 4 is 45.9 Å². The number of hydrogen-bond donors (Lipinski definition) is 2. The monoisotopic (exact) mass is 783 g/mol. The van der Waals surface area contributed by atoms with Gasteiger partial charge in [0.05, 0.1) is 18.4 Å². The zero-order valence-electron chi connectivity index (χ0n) is 30.9. The second-order valence-corrected chi connectivity index (χ2v) is 13.3. The highest BCUT2D eigenvalue weighted by atomic mass is 16.7. The lowest BCUT2D eigenvalue weighted by Gasteiger charge is -2.44. The number of carbonyl (C=O) groups is 3. The molecule has 2 aliphatic heterocycles. The number of esters is 2. The van der Waals surface area contributed by atoms with Crippen molar-refractivity contribution < 1.29 is 61.5 Å². The van der Waals surface area contributed by atoms with Crippen LogP contribution in [0.15, 0.2) is 101 Å². The van der Waals surface area contributed by atoms with Crippen LogP contribution in [0.5, 0.6) is 11.5 Å². The lowest BCUT2D eigenvalue weighted by molar-refractivity contribution is -0.300. The summed E-state index contributed by atoms with van der Waals surface area (Å²) in [5, 5.41) is 13.1. The highest BCUT2D eigenvalue weighted by Crippen LogP contribution is 2.35. The third-order valence-electron chi connectivity index (χ3n) is 9.46. The molecule has 7 rings (SSSR count). The molecule has 1 fully saturated rings. The molecule has 2 aliphatic rings. The fourth-order valence-corrected chi connectivity index (χ4v) is 6.69. The summed E-state index contributed by atoms with van der Waals surface area (Å²) in [4.78, 5) is 50.8. The first-order valence-corrected chi connectivity index (χ1v) is 18.2. The predicted molar refractivity (Wildman–Crippen MR) is 201 cm³/mol. The van der Waals surface area contributed by atoms with Crippen LogP contribution in [0.4, 0.5) is 10.5 Å². The van der Waals surface area contributed by atoms with E-state index in [0.717, 1.165) is 0 Å². The zero-order chi connectivity index (χ0) is 39.9. The van der Waals surface area contributed by atoms with E-state index >= 15 is 0 Å². The number of carbonyl (C=O) groups excluding carboxylic acids is 3. The van der Waals surface area contributed by atoms with Crippen LogP contribution in [0.25, 0.3) is 22.2 Å². The number of allylic oxidation sites excluding steroid dienone is 2. The Labute approximate surface area is 326 Å². The van der Waals surface area contributed by atoms with Crippen molar-refractivity contribution in [3.63, 3.8) is 0 Å². The second-order valence-electron chi connectivity index (χ2n) is 13.3. The Kier molecular flexibility index (Phi) is 12.1. The zero-order valence-corrected chi connectivity index (χ0v) is 30.9. The van der Waals surface area contributed by atoms with Gasteiger partial charge in [-0.1, -0.05) is 36.4 Å². The van der Waals surface area contributed by atoms with Crippen molar-refractivity contribution in [1.82, 2.24) is 9.97 Å². The average molecular weight is 784 g/mol. The molecular formula is C41H41N3O13. The Balaban J connectivity index is 1.17. The molecule has 0 bridgehead atoms. The van der Waals surface area contributed by atoms with E-state index in [-0.39, 0.29) is 38.4 Å². The molecule has 0 spiro atoms. The molecule has 57 heavy (non-hydrogen) atoms. The smallest absolute Gasteiger partial charge is 0.412 e. The lowest BCUT2D eigenvalue weighted by Crippen LogP contribution is -2.63. The molecule has 3 aromatic carbocycles. The largest absolute Gasteiger partial charge is 0.454 e. The number of hydrogen-bond acceptors (Lipinski definition) is 15. The van der Waals surface area contributed by atoms with Crippen molar-refractivity contribution in [1.29, 1.82) is 0 Å². The maximum atomic E-state index is 14.2. The molecule has 7 atom stereocenters. The van der Waals surface area contributed by atoms with Crippen LogP contribution in [0.3, 0.4) is 0 Å². The molecule has 2 aromatic heterocycles. The number of aliphatic hydroxyl groups is 1. The Morgan fingerprint density at radius 1 is 0.807 bits per heavy atom. The van der Waals surface area contributed by atoms with Crippen LogP contribution in [0, 0.1) is 11.8 Å². The maximum Gasteiger partial charge on any atom is 0.412 e. The number of aromatic nitrogens is 2. The standard InChI is InChI=1S/C41H41N3O13/c1-4-10-23(18-33-43-26-12-6-8-14-28(26)52-33)38(46)55-36-35(57-41(48)42-25-16-17-30-31(20-25)51-22-50-30)32(21-45)54-40(49-3)37(36)56-39(47)24(11-5-2)19-34-44-27-13-7-9-15-29(27)53-34/h4-9,12-17,20,23-24,32,35-37,40,45H,1-2,10-11,18-19,21-22H2,3H3,(H,42,48)/t23-,24-,32+,35+,36-,37+,40-/m0/s1. The van der Waals surface area contributed by atoms with E-state index in [1.807, 2.05) is 18.2 Å². The summed E-state index contributed by atoms with van der Waals surface area (Å²) >= 11 is 0. The topological polar surface area (TPSA) is 200 Å². The molecule has 0 unspecified atom stereocenters. The number of anilines is 1. The molecule has 1 saturated heterocycles. The quantitative estimate of drug-likeness (QED) is 0.0704. The van der Waals surface area contributed by atoms with Gasteiger partial charge in [-0.05, 0) is 49.2 Å². The van der Waals surface area contributed by atoms with E-state index in [9.17, 15) is 19.5 Å². The van der Waals surface area contributed by atoms with Gasteiger partial charge >= 0.3 is 18.0 Å². The van der Waals surface area contributed by atoms with E-state index in [0.29, 0.717) is 45.3 Å². The molecule has 5 aromatic rings. The van der Waals surface area contributed by atoms with Gasteiger partial charge in [0.2, 0.25) is 6.79 Å². The van der Waals surface area contributed by atoms with Gasteiger partial charge in [0.25, 0.3) is 0 Å². The number of benzene rings is 3. The van der Waals surface area contributed by atoms with Gasteiger partial charge in [-0.25, -0.2) is 14.8 Å². The van der Waals surface area contributed by atoms with Crippen LogP contribution in [0.2, 0.25) is 0 Å². The van der Waals surface area contributed by atoms with Crippen molar-refractivity contribution in [2.75, 3.05) is 25.8 Å². The summed E-state index contributed by atoms with van der Waals surface area (Å²) in [7, 11) is 1.29. The first-order chi connectivity index (χ1) is 27.8. The molecule has 4 heterocycles. The minimum Gasteiger partial charge on any atom is -0.454 e. The predicted octanol–water partition coefficient (Wildman–Crippen LogP) is 5.67. The van der Waals surface area contributed by atoms with Gasteiger partial charge in [0, 0.05) is 31.7 Å². The van der Waals surface area contributed by atoms with Crippen molar-refractivity contribution in [2.24, 2.45) is 11.8 Å². The number of ether oxygens (including phenoxy) is 7. The van der Waals surface area contributed by atoms with E-state index < -0.39 is 67.2 Å². The molecule has 0 radical (unpaired) electrons. The summed E-state index contributed by atoms with van der Waals surface area (Å²) < 4.78 is 52.2.